The molecule has 1 fully saturated rings. The van der Waals surface area contributed by atoms with Gasteiger partial charge < -0.3 is 19.4 Å². The van der Waals surface area contributed by atoms with E-state index >= 15 is 0 Å². The van der Waals surface area contributed by atoms with E-state index in [4.69, 9.17) is 14.0 Å². The lowest BCUT2D eigenvalue weighted by atomic mass is 9.93. The predicted molar refractivity (Wildman–Crippen MR) is 81.9 cm³/mol. The van der Waals surface area contributed by atoms with Crippen LogP contribution in [0.3, 0.4) is 0 Å². The number of carbonyl (C=O) groups excluding carboxylic acids is 1. The second-order valence-corrected chi connectivity index (χ2v) is 6.10. The molecule has 8 heteroatoms. The Labute approximate surface area is 138 Å². The molecule has 0 saturated heterocycles. The average Bonchev–Trinajstić information content (AvgIpc) is 3.26. The van der Waals surface area contributed by atoms with Crippen LogP contribution in [-0.4, -0.2) is 32.7 Å². The molecular weight excluding hydrogens is 314 g/mol. The van der Waals surface area contributed by atoms with E-state index in [9.17, 15) is 9.59 Å². The van der Waals surface area contributed by atoms with E-state index in [1.165, 1.54) is 6.26 Å². The van der Waals surface area contributed by atoms with Gasteiger partial charge in [-0.15, -0.1) is 0 Å². The van der Waals surface area contributed by atoms with Crippen LogP contribution in [0.1, 0.15) is 44.4 Å². The van der Waals surface area contributed by atoms with Gasteiger partial charge in [0.2, 0.25) is 17.6 Å². The van der Waals surface area contributed by atoms with Gasteiger partial charge in [-0.1, -0.05) is 18.0 Å². The lowest BCUT2D eigenvalue weighted by Gasteiger charge is -2.28. The third kappa shape index (κ3) is 3.81. The van der Waals surface area contributed by atoms with E-state index in [0.717, 1.165) is 12.8 Å². The summed E-state index contributed by atoms with van der Waals surface area (Å²) in [5, 5.41) is 15.8. The minimum Gasteiger partial charge on any atom is -0.481 e. The van der Waals surface area contributed by atoms with Crippen LogP contribution in [0, 0.1) is 0 Å². The molecular formula is C16H19N3O5. The van der Waals surface area contributed by atoms with Crippen LogP contribution in [-0.2, 0) is 16.0 Å². The van der Waals surface area contributed by atoms with Crippen molar-refractivity contribution in [2.45, 2.75) is 50.5 Å². The first kappa shape index (κ1) is 16.2. The molecule has 0 unspecified atom stereocenters. The summed E-state index contributed by atoms with van der Waals surface area (Å²) in [5.74, 6) is 0.0951. The number of aryl methyl sites for hydroxylation is 1. The number of carboxylic acids is 1. The molecule has 3 rings (SSSR count). The summed E-state index contributed by atoms with van der Waals surface area (Å²) < 4.78 is 10.3. The van der Waals surface area contributed by atoms with Crippen molar-refractivity contribution >= 4 is 11.9 Å². The average molecular weight is 333 g/mol. The number of aliphatic carboxylic acids is 1. The van der Waals surface area contributed by atoms with Gasteiger partial charge in [0.1, 0.15) is 0 Å². The zero-order valence-electron chi connectivity index (χ0n) is 13.2. The Hall–Kier alpha value is -2.64. The molecule has 24 heavy (non-hydrogen) atoms. The smallest absolute Gasteiger partial charge is 0.305 e. The molecule has 0 aromatic carbocycles. The number of carboxylic acid groups (broad SMARTS) is 1. The largest absolute Gasteiger partial charge is 0.481 e. The van der Waals surface area contributed by atoms with Crippen molar-refractivity contribution in [2.24, 2.45) is 0 Å². The maximum atomic E-state index is 12.2. The summed E-state index contributed by atoms with van der Waals surface area (Å²) in [6, 6.07) is 3.44. The fourth-order valence-corrected chi connectivity index (χ4v) is 3.13. The first-order valence-electron chi connectivity index (χ1n) is 7.96. The van der Waals surface area contributed by atoms with E-state index in [1.54, 1.807) is 12.1 Å². The second kappa shape index (κ2) is 6.86. The first-order chi connectivity index (χ1) is 11.6. The minimum atomic E-state index is -0.891. The molecule has 1 amide bonds. The van der Waals surface area contributed by atoms with Gasteiger partial charge in [-0.3, -0.25) is 9.59 Å². The lowest BCUT2D eigenvalue weighted by Crippen LogP contribution is -2.47. The van der Waals surface area contributed by atoms with E-state index in [1.807, 2.05) is 0 Å². The van der Waals surface area contributed by atoms with Crippen LogP contribution in [0.4, 0.5) is 0 Å². The van der Waals surface area contributed by atoms with Crippen LogP contribution in [0.15, 0.2) is 27.3 Å². The van der Waals surface area contributed by atoms with Gasteiger partial charge in [0.05, 0.1) is 18.2 Å². The molecule has 0 aliphatic heterocycles. The normalized spacial score (nSPS) is 16.2. The van der Waals surface area contributed by atoms with E-state index in [-0.39, 0.29) is 18.7 Å². The van der Waals surface area contributed by atoms with Crippen LogP contribution >= 0.6 is 0 Å². The number of aromatic nitrogens is 2. The van der Waals surface area contributed by atoms with Gasteiger partial charge in [0.25, 0.3) is 0 Å². The molecule has 2 N–H and O–H groups in total. The van der Waals surface area contributed by atoms with Crippen molar-refractivity contribution in [1.82, 2.24) is 15.5 Å². The molecule has 1 saturated carbocycles. The molecule has 1 aliphatic rings. The number of amides is 1. The summed E-state index contributed by atoms with van der Waals surface area (Å²) in [5.41, 5.74) is -0.614. The van der Waals surface area contributed by atoms with Crippen LogP contribution in [0.25, 0.3) is 11.6 Å². The topological polar surface area (TPSA) is 118 Å². The molecule has 8 nitrogen and oxygen atoms in total. The standard InChI is InChI=1S/C16H19N3O5/c20-12(18-16(10-14(21)22)7-1-2-8-16)5-6-13-17-15(19-24-13)11-4-3-9-23-11/h3-4,9H,1-2,5-8,10H2,(H,18,20)(H,21,22). The van der Waals surface area contributed by atoms with E-state index in [2.05, 4.69) is 15.5 Å². The van der Waals surface area contributed by atoms with Crippen LogP contribution < -0.4 is 5.32 Å². The number of nitrogens with zero attached hydrogens (tertiary/aromatic N) is 2. The highest BCUT2D eigenvalue weighted by molar-refractivity contribution is 5.78. The molecule has 2 heterocycles. The molecule has 1 aliphatic carbocycles. The van der Waals surface area contributed by atoms with Crippen molar-refractivity contribution in [1.29, 1.82) is 0 Å². The maximum Gasteiger partial charge on any atom is 0.305 e. The molecule has 128 valence electrons. The predicted octanol–water partition coefficient (Wildman–Crippen LogP) is 2.17. The Kier molecular flexibility index (Phi) is 4.64. The Morgan fingerprint density at radius 1 is 1.33 bits per heavy atom. The van der Waals surface area contributed by atoms with Gasteiger partial charge in [-0.25, -0.2) is 0 Å². The van der Waals surface area contributed by atoms with Gasteiger partial charge in [0, 0.05) is 12.8 Å². The number of furan rings is 1. The van der Waals surface area contributed by atoms with E-state index in [0.29, 0.717) is 36.7 Å². The summed E-state index contributed by atoms with van der Waals surface area (Å²) in [6.45, 7) is 0. The number of hydrogen-bond acceptors (Lipinski definition) is 6. The summed E-state index contributed by atoms with van der Waals surface area (Å²) in [6.07, 6.45) is 5.21. The monoisotopic (exact) mass is 333 g/mol. The Morgan fingerprint density at radius 2 is 2.12 bits per heavy atom. The number of rotatable bonds is 7. The first-order valence-corrected chi connectivity index (χ1v) is 7.96. The van der Waals surface area contributed by atoms with Gasteiger partial charge >= 0.3 is 5.97 Å². The second-order valence-electron chi connectivity index (χ2n) is 6.10. The molecule has 0 atom stereocenters. The van der Waals surface area contributed by atoms with Crippen molar-refractivity contribution in [3.8, 4) is 11.6 Å². The Morgan fingerprint density at radius 3 is 2.79 bits per heavy atom. The summed E-state index contributed by atoms with van der Waals surface area (Å²) >= 11 is 0. The zero-order valence-corrected chi connectivity index (χ0v) is 13.2. The maximum absolute atomic E-state index is 12.2. The quantitative estimate of drug-likeness (QED) is 0.797. The summed E-state index contributed by atoms with van der Waals surface area (Å²) in [4.78, 5) is 27.4. The van der Waals surface area contributed by atoms with Crippen molar-refractivity contribution in [3.63, 3.8) is 0 Å². The fraction of sp³-hybridized carbons (Fsp3) is 0.500. The van der Waals surface area contributed by atoms with Crippen molar-refractivity contribution in [3.05, 3.63) is 24.3 Å². The highest BCUT2D eigenvalue weighted by Crippen LogP contribution is 2.32. The fourth-order valence-electron chi connectivity index (χ4n) is 3.13. The number of hydrogen-bond donors (Lipinski definition) is 2. The van der Waals surface area contributed by atoms with Crippen LogP contribution in [0.5, 0.6) is 0 Å². The third-order valence-electron chi connectivity index (χ3n) is 4.23. The minimum absolute atomic E-state index is 0.0397. The van der Waals surface area contributed by atoms with Gasteiger partial charge in [0.15, 0.2) is 5.76 Å². The molecule has 0 spiro atoms. The Balaban J connectivity index is 1.54. The highest BCUT2D eigenvalue weighted by atomic mass is 16.5. The Bertz CT molecular complexity index is 701. The number of carbonyl (C=O) groups is 2. The molecule has 2 aromatic rings. The number of nitrogens with one attached hydrogen (secondary N) is 1. The third-order valence-corrected chi connectivity index (χ3v) is 4.23. The highest BCUT2D eigenvalue weighted by Gasteiger charge is 2.37. The SMILES string of the molecule is O=C(O)CC1(NC(=O)CCc2nc(-c3ccco3)no2)CCCC1. The summed E-state index contributed by atoms with van der Waals surface area (Å²) in [7, 11) is 0. The van der Waals surface area contributed by atoms with Crippen LogP contribution in [0.2, 0.25) is 0 Å². The van der Waals surface area contributed by atoms with Crippen molar-refractivity contribution < 1.29 is 23.6 Å². The van der Waals surface area contributed by atoms with Gasteiger partial charge in [-0.2, -0.15) is 4.98 Å². The van der Waals surface area contributed by atoms with Crippen molar-refractivity contribution in [2.75, 3.05) is 0 Å². The molecule has 2 aromatic heterocycles. The molecule has 0 radical (unpaired) electrons. The zero-order chi connectivity index (χ0) is 17.0. The van der Waals surface area contributed by atoms with E-state index < -0.39 is 11.5 Å². The lowest BCUT2D eigenvalue weighted by molar-refractivity contribution is -0.139. The molecule has 0 bridgehead atoms. The van der Waals surface area contributed by atoms with Gasteiger partial charge in [-0.05, 0) is 25.0 Å².